The van der Waals surface area contributed by atoms with E-state index in [9.17, 15) is 4.79 Å². The van der Waals surface area contributed by atoms with E-state index in [1.165, 1.54) is 5.56 Å². The van der Waals surface area contributed by atoms with Crippen LogP contribution in [0.1, 0.15) is 23.6 Å². The van der Waals surface area contributed by atoms with E-state index in [1.807, 2.05) is 13.8 Å². The van der Waals surface area contributed by atoms with Crippen molar-refractivity contribution in [1.29, 1.82) is 0 Å². The molecule has 0 atom stereocenters. The van der Waals surface area contributed by atoms with Gasteiger partial charge in [-0.05, 0) is 19.4 Å². The van der Waals surface area contributed by atoms with E-state index in [2.05, 4.69) is 12.1 Å². The number of methoxy groups -OCH3 is 1. The first-order valence-electron chi connectivity index (χ1n) is 5.31. The van der Waals surface area contributed by atoms with E-state index in [4.69, 9.17) is 4.74 Å². The van der Waals surface area contributed by atoms with Crippen molar-refractivity contribution in [2.24, 2.45) is 0 Å². The molecule has 3 nitrogen and oxygen atoms in total. The van der Waals surface area contributed by atoms with E-state index < -0.39 is 0 Å². The Kier molecular flexibility index (Phi) is 3.93. The molecule has 0 bridgehead atoms. The molecule has 0 aliphatic heterocycles. The first-order valence-corrected chi connectivity index (χ1v) is 5.31. The lowest BCUT2D eigenvalue weighted by Crippen LogP contribution is -2.23. The molecule has 0 heterocycles. The molecule has 0 fully saturated rings. The molecule has 0 aromatic heterocycles. The van der Waals surface area contributed by atoms with Gasteiger partial charge >= 0.3 is 0 Å². The molecule has 88 valence electrons. The summed E-state index contributed by atoms with van der Waals surface area (Å²) in [4.78, 5) is 12.9. The van der Waals surface area contributed by atoms with Crippen molar-refractivity contribution < 1.29 is 9.53 Å². The molecule has 3 heteroatoms. The summed E-state index contributed by atoms with van der Waals surface area (Å²) in [6.45, 7) is 6.21. The minimum Gasteiger partial charge on any atom is -0.496 e. The number of nitrogens with zero attached hydrogens (tertiary/aromatic N) is 1. The molecule has 0 aliphatic rings. The van der Waals surface area contributed by atoms with Gasteiger partial charge in [0, 0.05) is 26.1 Å². The van der Waals surface area contributed by atoms with Crippen molar-refractivity contribution in [2.75, 3.05) is 14.2 Å². The van der Waals surface area contributed by atoms with Crippen LogP contribution in [-0.4, -0.2) is 25.0 Å². The van der Waals surface area contributed by atoms with Gasteiger partial charge in [0.2, 0.25) is 5.91 Å². The Morgan fingerprint density at radius 3 is 2.50 bits per heavy atom. The largest absolute Gasteiger partial charge is 0.496 e. The molecule has 1 aromatic rings. The second kappa shape index (κ2) is 5.01. The van der Waals surface area contributed by atoms with E-state index in [0.717, 1.165) is 16.9 Å². The summed E-state index contributed by atoms with van der Waals surface area (Å²) in [6, 6.07) is 4.14. The van der Waals surface area contributed by atoms with Crippen LogP contribution in [-0.2, 0) is 11.3 Å². The number of carbonyl (C=O) groups excluding carboxylic acids is 1. The van der Waals surface area contributed by atoms with Crippen molar-refractivity contribution in [3.05, 3.63) is 28.8 Å². The highest BCUT2D eigenvalue weighted by Gasteiger charge is 2.11. The second-order valence-corrected chi connectivity index (χ2v) is 4.15. The summed E-state index contributed by atoms with van der Waals surface area (Å²) in [6.07, 6.45) is 0. The van der Waals surface area contributed by atoms with Crippen LogP contribution in [0.3, 0.4) is 0 Å². The molecule has 16 heavy (non-hydrogen) atoms. The maximum atomic E-state index is 11.2. The van der Waals surface area contributed by atoms with E-state index in [0.29, 0.717) is 6.54 Å². The number of benzene rings is 1. The monoisotopic (exact) mass is 221 g/mol. The minimum atomic E-state index is 0.0567. The Balaban J connectivity index is 3.07. The van der Waals surface area contributed by atoms with Crippen LogP contribution in [0, 0.1) is 13.8 Å². The quantitative estimate of drug-likeness (QED) is 0.783. The van der Waals surface area contributed by atoms with Crippen LogP contribution >= 0.6 is 0 Å². The molecule has 1 rings (SSSR count). The standard InChI is InChI=1S/C13H19NO2/c1-9-6-10(2)13(16-5)12(7-9)8-14(4)11(3)15/h6-7H,8H2,1-5H3. The van der Waals surface area contributed by atoms with Crippen LogP contribution < -0.4 is 4.74 Å². The highest BCUT2D eigenvalue weighted by molar-refractivity contribution is 5.73. The smallest absolute Gasteiger partial charge is 0.219 e. The lowest BCUT2D eigenvalue weighted by Gasteiger charge is -2.18. The molecular weight excluding hydrogens is 202 g/mol. The Labute approximate surface area is 97.0 Å². The molecule has 1 aromatic carbocycles. The van der Waals surface area contributed by atoms with Crippen LogP contribution in [0.4, 0.5) is 0 Å². The van der Waals surface area contributed by atoms with Crippen LogP contribution in [0.2, 0.25) is 0 Å². The lowest BCUT2D eigenvalue weighted by atomic mass is 10.1. The zero-order valence-corrected chi connectivity index (χ0v) is 10.6. The van der Waals surface area contributed by atoms with E-state index in [-0.39, 0.29) is 5.91 Å². The highest BCUT2D eigenvalue weighted by atomic mass is 16.5. The maximum absolute atomic E-state index is 11.2. The van der Waals surface area contributed by atoms with Gasteiger partial charge in [-0.15, -0.1) is 0 Å². The molecule has 0 N–H and O–H groups in total. The van der Waals surface area contributed by atoms with Gasteiger partial charge in [-0.2, -0.15) is 0 Å². The summed E-state index contributed by atoms with van der Waals surface area (Å²) < 4.78 is 5.37. The van der Waals surface area contributed by atoms with Gasteiger partial charge in [-0.3, -0.25) is 4.79 Å². The first-order chi connectivity index (χ1) is 7.45. The van der Waals surface area contributed by atoms with Gasteiger partial charge < -0.3 is 9.64 Å². The van der Waals surface area contributed by atoms with Crippen molar-refractivity contribution in [1.82, 2.24) is 4.90 Å². The summed E-state index contributed by atoms with van der Waals surface area (Å²) in [5, 5.41) is 0. The van der Waals surface area contributed by atoms with Crippen LogP contribution in [0.25, 0.3) is 0 Å². The zero-order valence-electron chi connectivity index (χ0n) is 10.6. The Hall–Kier alpha value is -1.51. The zero-order chi connectivity index (χ0) is 12.3. The third-order valence-corrected chi connectivity index (χ3v) is 2.65. The van der Waals surface area contributed by atoms with E-state index >= 15 is 0 Å². The Morgan fingerprint density at radius 1 is 1.38 bits per heavy atom. The number of ether oxygens (including phenoxy) is 1. The number of amides is 1. The SMILES string of the molecule is COc1c(C)cc(C)cc1CN(C)C(C)=O. The molecule has 0 radical (unpaired) electrons. The molecule has 0 spiro atoms. The second-order valence-electron chi connectivity index (χ2n) is 4.15. The fourth-order valence-electron chi connectivity index (χ4n) is 1.82. The summed E-state index contributed by atoms with van der Waals surface area (Å²) >= 11 is 0. The number of aryl methyl sites for hydroxylation is 2. The Bertz CT molecular complexity index is 399. The molecule has 0 unspecified atom stereocenters. The fraction of sp³-hybridized carbons (Fsp3) is 0.462. The number of hydrogen-bond donors (Lipinski definition) is 0. The van der Waals surface area contributed by atoms with Gasteiger partial charge in [-0.1, -0.05) is 17.7 Å². The topological polar surface area (TPSA) is 29.5 Å². The summed E-state index contributed by atoms with van der Waals surface area (Å²) in [5.41, 5.74) is 3.34. The van der Waals surface area contributed by atoms with Gasteiger partial charge in [0.05, 0.1) is 7.11 Å². The number of rotatable bonds is 3. The van der Waals surface area contributed by atoms with Crippen LogP contribution in [0.5, 0.6) is 5.75 Å². The van der Waals surface area contributed by atoms with Crippen molar-refractivity contribution in [2.45, 2.75) is 27.3 Å². The maximum Gasteiger partial charge on any atom is 0.219 e. The van der Waals surface area contributed by atoms with Gasteiger partial charge in [0.15, 0.2) is 0 Å². The average Bonchev–Trinajstić information content (AvgIpc) is 2.16. The Morgan fingerprint density at radius 2 is 2.00 bits per heavy atom. The third-order valence-electron chi connectivity index (χ3n) is 2.65. The minimum absolute atomic E-state index is 0.0567. The fourth-order valence-corrected chi connectivity index (χ4v) is 1.82. The average molecular weight is 221 g/mol. The van der Waals surface area contributed by atoms with Crippen molar-refractivity contribution in [3.8, 4) is 5.75 Å². The molecule has 1 amide bonds. The lowest BCUT2D eigenvalue weighted by molar-refractivity contribution is -0.128. The van der Waals surface area contributed by atoms with Crippen molar-refractivity contribution in [3.63, 3.8) is 0 Å². The number of hydrogen-bond acceptors (Lipinski definition) is 2. The van der Waals surface area contributed by atoms with Gasteiger partial charge in [-0.25, -0.2) is 0 Å². The molecule has 0 saturated heterocycles. The summed E-state index contributed by atoms with van der Waals surface area (Å²) in [5.74, 6) is 0.930. The molecule has 0 aliphatic carbocycles. The van der Waals surface area contributed by atoms with Gasteiger partial charge in [0.25, 0.3) is 0 Å². The predicted molar refractivity (Wildman–Crippen MR) is 64.6 cm³/mol. The van der Waals surface area contributed by atoms with Crippen molar-refractivity contribution >= 4 is 5.91 Å². The number of carbonyl (C=O) groups is 1. The summed E-state index contributed by atoms with van der Waals surface area (Å²) in [7, 11) is 3.45. The molecule has 0 saturated carbocycles. The third kappa shape index (κ3) is 2.75. The molecular formula is C13H19NO2. The van der Waals surface area contributed by atoms with Crippen LogP contribution in [0.15, 0.2) is 12.1 Å². The van der Waals surface area contributed by atoms with E-state index in [1.54, 1.807) is 26.0 Å². The highest BCUT2D eigenvalue weighted by Crippen LogP contribution is 2.25. The predicted octanol–water partition coefficient (Wildman–Crippen LogP) is 2.29. The first kappa shape index (κ1) is 12.6. The normalized spacial score (nSPS) is 10.1. The van der Waals surface area contributed by atoms with Gasteiger partial charge in [0.1, 0.15) is 5.75 Å².